The molecule has 1 aromatic rings. The van der Waals surface area contributed by atoms with Crippen LogP contribution in [0.5, 0.6) is 0 Å². The molecule has 0 unspecified atom stereocenters. The summed E-state index contributed by atoms with van der Waals surface area (Å²) < 4.78 is 51.6. The van der Waals surface area contributed by atoms with Crippen molar-refractivity contribution in [2.75, 3.05) is 11.5 Å². The van der Waals surface area contributed by atoms with Crippen molar-refractivity contribution in [3.63, 3.8) is 0 Å². The van der Waals surface area contributed by atoms with Crippen molar-refractivity contribution in [2.45, 2.75) is 18.7 Å². The van der Waals surface area contributed by atoms with Crippen LogP contribution in [0.25, 0.3) is 0 Å². The van der Waals surface area contributed by atoms with Gasteiger partial charge in [0.25, 0.3) is 9.05 Å². The van der Waals surface area contributed by atoms with Gasteiger partial charge in [0.05, 0.1) is 15.4 Å². The Morgan fingerprint density at radius 1 is 1.22 bits per heavy atom. The van der Waals surface area contributed by atoms with Crippen LogP contribution in [0.4, 0.5) is 10.1 Å². The third kappa shape index (κ3) is 3.66. The lowest BCUT2D eigenvalue weighted by Gasteiger charge is -2.05. The Morgan fingerprint density at radius 2 is 1.78 bits per heavy atom. The average molecular weight is 314 g/mol. The maximum atomic E-state index is 13.3. The van der Waals surface area contributed by atoms with Gasteiger partial charge in [0.2, 0.25) is 0 Å². The van der Waals surface area contributed by atoms with Crippen LogP contribution >= 0.6 is 10.7 Å². The van der Waals surface area contributed by atoms with E-state index in [9.17, 15) is 17.0 Å². The SMILES string of the molecule is CCS(=O)(CC)=Nc1ccc(F)c(S(=O)(=O)Cl)c1. The number of hydrogen-bond donors (Lipinski definition) is 0. The van der Waals surface area contributed by atoms with Crippen molar-refractivity contribution in [2.24, 2.45) is 4.36 Å². The highest BCUT2D eigenvalue weighted by Gasteiger charge is 2.17. The molecule has 0 aliphatic heterocycles. The van der Waals surface area contributed by atoms with E-state index >= 15 is 0 Å². The molecule has 0 amide bonds. The second-order valence-corrected chi connectivity index (χ2v) is 8.91. The molecular formula is C10H13ClFNO3S2. The topological polar surface area (TPSA) is 63.6 Å². The summed E-state index contributed by atoms with van der Waals surface area (Å²) in [5.74, 6) is -0.281. The van der Waals surface area contributed by atoms with E-state index in [2.05, 4.69) is 4.36 Å². The molecule has 4 nitrogen and oxygen atoms in total. The summed E-state index contributed by atoms with van der Waals surface area (Å²) in [6.07, 6.45) is 0. The average Bonchev–Trinajstić information content (AvgIpc) is 2.30. The quantitative estimate of drug-likeness (QED) is 0.803. The second-order valence-electron chi connectivity index (χ2n) is 3.49. The lowest BCUT2D eigenvalue weighted by Crippen LogP contribution is -2.05. The third-order valence-corrected chi connectivity index (χ3v) is 6.04. The standard InChI is InChI=1S/C10H13ClFNO3S2/c1-3-17(14,4-2)13-8-5-6-9(12)10(7-8)18(11,15)16/h5-7H,3-4H2,1-2H3. The van der Waals surface area contributed by atoms with Crippen molar-refractivity contribution >= 4 is 35.1 Å². The van der Waals surface area contributed by atoms with Gasteiger partial charge < -0.3 is 0 Å². The van der Waals surface area contributed by atoms with Gasteiger partial charge >= 0.3 is 0 Å². The summed E-state index contributed by atoms with van der Waals surface area (Å²) in [6, 6.07) is 3.20. The highest BCUT2D eigenvalue weighted by molar-refractivity contribution is 8.13. The van der Waals surface area contributed by atoms with E-state index in [0.29, 0.717) is 11.5 Å². The molecule has 1 aromatic carbocycles. The van der Waals surface area contributed by atoms with Crippen molar-refractivity contribution < 1.29 is 17.0 Å². The Hall–Kier alpha value is -0.660. The Balaban J connectivity index is 3.44. The number of hydrogen-bond acceptors (Lipinski definition) is 4. The van der Waals surface area contributed by atoms with Crippen LogP contribution in [-0.4, -0.2) is 24.1 Å². The fourth-order valence-corrected chi connectivity index (χ4v) is 3.34. The molecule has 0 atom stereocenters. The molecule has 0 bridgehead atoms. The Bertz CT molecular complexity index is 654. The molecule has 0 aliphatic rings. The Kier molecular flexibility index (Phi) is 4.74. The zero-order valence-electron chi connectivity index (χ0n) is 9.89. The van der Waals surface area contributed by atoms with Crippen LogP contribution in [0, 0.1) is 5.82 Å². The van der Waals surface area contributed by atoms with Gasteiger partial charge in [0.15, 0.2) is 0 Å². The van der Waals surface area contributed by atoms with Crippen LogP contribution in [0.3, 0.4) is 0 Å². The monoisotopic (exact) mass is 313 g/mol. The molecule has 0 N–H and O–H groups in total. The normalized spacial score (nSPS) is 12.4. The van der Waals surface area contributed by atoms with Crippen LogP contribution in [0.15, 0.2) is 27.5 Å². The van der Waals surface area contributed by atoms with Crippen LogP contribution in [0.1, 0.15) is 13.8 Å². The summed E-state index contributed by atoms with van der Waals surface area (Å²) in [5, 5.41) is 0. The summed E-state index contributed by atoms with van der Waals surface area (Å²) >= 11 is 0. The zero-order valence-corrected chi connectivity index (χ0v) is 12.3. The van der Waals surface area contributed by atoms with Crippen molar-refractivity contribution in [1.29, 1.82) is 0 Å². The number of nitrogens with zero attached hydrogens (tertiary/aromatic N) is 1. The summed E-state index contributed by atoms with van der Waals surface area (Å²) in [5.41, 5.74) is 0.143. The van der Waals surface area contributed by atoms with Gasteiger partial charge in [-0.3, -0.25) is 0 Å². The molecule has 0 radical (unpaired) electrons. The molecule has 102 valence electrons. The Labute approximate surface area is 111 Å². The van der Waals surface area contributed by atoms with Gasteiger partial charge in [-0.1, -0.05) is 13.8 Å². The van der Waals surface area contributed by atoms with Crippen LogP contribution < -0.4 is 0 Å². The highest BCUT2D eigenvalue weighted by atomic mass is 35.7. The maximum absolute atomic E-state index is 13.3. The molecule has 18 heavy (non-hydrogen) atoms. The first-order valence-electron chi connectivity index (χ1n) is 5.18. The first-order valence-corrected chi connectivity index (χ1v) is 9.35. The Morgan fingerprint density at radius 3 is 2.22 bits per heavy atom. The fourth-order valence-electron chi connectivity index (χ4n) is 1.26. The van der Waals surface area contributed by atoms with Gasteiger partial charge in [-0.2, -0.15) is 4.36 Å². The van der Waals surface area contributed by atoms with E-state index in [4.69, 9.17) is 10.7 Å². The lowest BCUT2D eigenvalue weighted by molar-refractivity contribution is 0.575. The van der Waals surface area contributed by atoms with Gasteiger partial charge in [-0.25, -0.2) is 17.0 Å². The summed E-state index contributed by atoms with van der Waals surface area (Å²) in [7, 11) is -1.51. The van der Waals surface area contributed by atoms with E-state index in [1.165, 1.54) is 6.07 Å². The smallest absolute Gasteiger partial charge is 0.249 e. The van der Waals surface area contributed by atoms with Crippen LogP contribution in [0.2, 0.25) is 0 Å². The predicted octanol–water partition coefficient (Wildman–Crippen LogP) is 2.89. The third-order valence-electron chi connectivity index (χ3n) is 2.35. The number of benzene rings is 1. The van der Waals surface area contributed by atoms with Gasteiger partial charge in [0.1, 0.15) is 10.7 Å². The van der Waals surface area contributed by atoms with E-state index < -0.39 is 29.5 Å². The molecule has 0 spiro atoms. The van der Waals surface area contributed by atoms with Crippen molar-refractivity contribution in [3.05, 3.63) is 24.0 Å². The van der Waals surface area contributed by atoms with Crippen molar-refractivity contribution in [3.8, 4) is 0 Å². The molecule has 0 saturated carbocycles. The summed E-state index contributed by atoms with van der Waals surface area (Å²) in [6.45, 7) is 3.44. The molecule has 1 rings (SSSR count). The highest BCUT2D eigenvalue weighted by Crippen LogP contribution is 2.25. The molecule has 0 heterocycles. The fraction of sp³-hybridized carbons (Fsp3) is 0.400. The second kappa shape index (κ2) is 5.54. The van der Waals surface area contributed by atoms with Gasteiger partial charge in [-0.15, -0.1) is 0 Å². The first-order chi connectivity index (χ1) is 8.22. The minimum absolute atomic E-state index is 0.143. The zero-order chi connectivity index (χ0) is 14.0. The summed E-state index contributed by atoms with van der Waals surface area (Å²) in [4.78, 5) is -0.653. The van der Waals surface area contributed by atoms with E-state index in [-0.39, 0.29) is 5.69 Å². The van der Waals surface area contributed by atoms with Gasteiger partial charge in [-0.05, 0) is 18.2 Å². The largest absolute Gasteiger partial charge is 0.264 e. The van der Waals surface area contributed by atoms with E-state index in [1.807, 2.05) is 0 Å². The minimum Gasteiger partial charge on any atom is -0.249 e. The molecule has 0 saturated heterocycles. The number of halogens is 2. The van der Waals surface area contributed by atoms with Crippen molar-refractivity contribution in [1.82, 2.24) is 0 Å². The lowest BCUT2D eigenvalue weighted by atomic mass is 10.3. The molecular weight excluding hydrogens is 301 g/mol. The predicted molar refractivity (Wildman–Crippen MR) is 70.8 cm³/mol. The van der Waals surface area contributed by atoms with Gasteiger partial charge in [0, 0.05) is 22.2 Å². The molecule has 0 fully saturated rings. The minimum atomic E-state index is -4.18. The van der Waals surface area contributed by atoms with E-state index in [1.54, 1.807) is 13.8 Å². The van der Waals surface area contributed by atoms with E-state index in [0.717, 1.165) is 12.1 Å². The molecule has 0 aromatic heterocycles. The first kappa shape index (κ1) is 15.4. The van der Waals surface area contributed by atoms with Crippen LogP contribution in [-0.2, 0) is 18.8 Å². The molecule has 0 aliphatic carbocycles. The maximum Gasteiger partial charge on any atom is 0.264 e. The molecule has 8 heteroatoms. The number of rotatable bonds is 4.